The van der Waals surface area contributed by atoms with Crippen molar-refractivity contribution in [2.24, 2.45) is 12.5 Å². The van der Waals surface area contributed by atoms with Crippen molar-refractivity contribution in [2.75, 3.05) is 0 Å². The predicted molar refractivity (Wildman–Crippen MR) is 62.3 cm³/mol. The van der Waals surface area contributed by atoms with Crippen molar-refractivity contribution in [3.8, 4) is 0 Å². The fraction of sp³-hybridized carbons (Fsp3) is 0.750. The van der Waals surface area contributed by atoms with Crippen molar-refractivity contribution in [1.29, 1.82) is 0 Å². The summed E-state index contributed by atoms with van der Waals surface area (Å²) >= 11 is 0. The van der Waals surface area contributed by atoms with Gasteiger partial charge in [-0.3, -0.25) is 4.57 Å². The fourth-order valence-electron chi connectivity index (χ4n) is 2.61. The summed E-state index contributed by atoms with van der Waals surface area (Å²) in [5, 5.41) is 9.75. The van der Waals surface area contributed by atoms with Crippen LogP contribution < -0.4 is 5.69 Å². The Morgan fingerprint density at radius 3 is 2.69 bits per heavy atom. The molecule has 1 heterocycles. The number of imidazole rings is 1. The highest BCUT2D eigenvalue weighted by Gasteiger charge is 2.37. The van der Waals surface area contributed by atoms with Gasteiger partial charge in [-0.05, 0) is 24.7 Å². The Morgan fingerprint density at radius 1 is 1.44 bits per heavy atom. The average molecular weight is 224 g/mol. The van der Waals surface area contributed by atoms with E-state index in [0.29, 0.717) is 6.42 Å². The summed E-state index contributed by atoms with van der Waals surface area (Å²) in [4.78, 5) is 11.9. The molecule has 1 aromatic heterocycles. The van der Waals surface area contributed by atoms with Gasteiger partial charge in [-0.25, -0.2) is 4.79 Å². The summed E-state index contributed by atoms with van der Waals surface area (Å²) in [7, 11) is 1.76. The molecule has 1 aliphatic rings. The number of rotatable bonds is 1. The standard InChI is InChI=1S/C12H20N2O2/c1-12(2)5-4-9(15)8-10(12)14-7-6-13(3)11(14)16/h6-7,9-10,15H,4-5,8H2,1-3H3. The Bertz CT molecular complexity index is 430. The smallest absolute Gasteiger partial charge is 0.328 e. The van der Waals surface area contributed by atoms with E-state index in [1.807, 2.05) is 6.20 Å². The van der Waals surface area contributed by atoms with Crippen molar-refractivity contribution < 1.29 is 5.11 Å². The summed E-state index contributed by atoms with van der Waals surface area (Å²) in [6, 6.07) is 0.102. The first-order valence-corrected chi connectivity index (χ1v) is 5.83. The van der Waals surface area contributed by atoms with Crippen LogP contribution in [0.3, 0.4) is 0 Å². The molecule has 2 unspecified atom stereocenters. The molecule has 0 saturated heterocycles. The molecule has 4 heteroatoms. The first-order valence-electron chi connectivity index (χ1n) is 5.83. The summed E-state index contributed by atoms with van der Waals surface area (Å²) in [6.07, 6.45) is 5.80. The molecule has 0 aromatic carbocycles. The Hall–Kier alpha value is -1.03. The molecule has 90 valence electrons. The van der Waals surface area contributed by atoms with E-state index in [2.05, 4.69) is 13.8 Å². The topological polar surface area (TPSA) is 47.2 Å². The average Bonchev–Trinajstić information content (AvgIpc) is 2.53. The van der Waals surface area contributed by atoms with Crippen LogP contribution in [-0.2, 0) is 7.05 Å². The highest BCUT2D eigenvalue weighted by molar-refractivity contribution is 4.94. The highest BCUT2D eigenvalue weighted by Crippen LogP contribution is 2.43. The first-order chi connectivity index (χ1) is 7.42. The Morgan fingerprint density at radius 2 is 2.12 bits per heavy atom. The highest BCUT2D eigenvalue weighted by atomic mass is 16.3. The molecular weight excluding hydrogens is 204 g/mol. The van der Waals surface area contributed by atoms with Crippen molar-refractivity contribution >= 4 is 0 Å². The van der Waals surface area contributed by atoms with Crippen LogP contribution in [0.25, 0.3) is 0 Å². The minimum Gasteiger partial charge on any atom is -0.393 e. The number of aliphatic hydroxyl groups is 1. The number of aryl methyl sites for hydroxylation is 1. The molecule has 0 aliphatic heterocycles. The molecule has 0 amide bonds. The number of aromatic nitrogens is 2. The first kappa shape index (κ1) is 11.5. The zero-order chi connectivity index (χ0) is 11.9. The molecule has 16 heavy (non-hydrogen) atoms. The van der Waals surface area contributed by atoms with Crippen LogP contribution in [0.5, 0.6) is 0 Å². The predicted octanol–water partition coefficient (Wildman–Crippen LogP) is 1.30. The minimum absolute atomic E-state index is 0.00664. The van der Waals surface area contributed by atoms with Gasteiger partial charge in [0.05, 0.1) is 6.10 Å². The Balaban J connectivity index is 2.37. The summed E-state index contributed by atoms with van der Waals surface area (Å²) in [5.74, 6) is 0. The normalized spacial score (nSPS) is 29.2. The van der Waals surface area contributed by atoms with Crippen molar-refractivity contribution in [2.45, 2.75) is 45.3 Å². The van der Waals surface area contributed by atoms with Crippen molar-refractivity contribution in [3.63, 3.8) is 0 Å². The van der Waals surface area contributed by atoms with Crippen LogP contribution in [-0.4, -0.2) is 20.3 Å². The zero-order valence-electron chi connectivity index (χ0n) is 10.2. The molecule has 1 fully saturated rings. The van der Waals surface area contributed by atoms with Gasteiger partial charge in [0.25, 0.3) is 0 Å². The molecule has 0 bridgehead atoms. The molecule has 1 aromatic rings. The molecule has 1 aliphatic carbocycles. The lowest BCUT2D eigenvalue weighted by Gasteiger charge is -2.40. The quantitative estimate of drug-likeness (QED) is 0.781. The number of hydrogen-bond donors (Lipinski definition) is 1. The zero-order valence-corrected chi connectivity index (χ0v) is 10.2. The van der Waals surface area contributed by atoms with Crippen LogP contribution in [0, 0.1) is 5.41 Å². The van der Waals surface area contributed by atoms with Gasteiger partial charge >= 0.3 is 5.69 Å². The molecule has 1 saturated carbocycles. The Kier molecular flexibility index (Phi) is 2.70. The van der Waals surface area contributed by atoms with E-state index in [1.54, 1.807) is 22.4 Å². The third kappa shape index (κ3) is 1.82. The lowest BCUT2D eigenvalue weighted by atomic mass is 9.72. The number of aliphatic hydroxyl groups excluding tert-OH is 1. The van der Waals surface area contributed by atoms with Gasteiger partial charge in [0.15, 0.2) is 0 Å². The van der Waals surface area contributed by atoms with Crippen molar-refractivity contribution in [3.05, 3.63) is 22.9 Å². The van der Waals surface area contributed by atoms with Gasteiger partial charge in [0.2, 0.25) is 0 Å². The van der Waals surface area contributed by atoms with E-state index in [1.165, 1.54) is 0 Å². The van der Waals surface area contributed by atoms with E-state index in [-0.39, 0.29) is 23.3 Å². The molecule has 0 spiro atoms. The SMILES string of the molecule is Cn1ccn(C2CC(O)CCC2(C)C)c1=O. The summed E-state index contributed by atoms with van der Waals surface area (Å²) in [5.41, 5.74) is 0.0805. The van der Waals surface area contributed by atoms with Crippen LogP contribution in [0.1, 0.15) is 39.2 Å². The third-order valence-corrected chi connectivity index (χ3v) is 3.83. The van der Waals surface area contributed by atoms with E-state index >= 15 is 0 Å². The maximum atomic E-state index is 11.9. The van der Waals surface area contributed by atoms with Crippen LogP contribution >= 0.6 is 0 Å². The monoisotopic (exact) mass is 224 g/mol. The molecule has 1 N–H and O–H groups in total. The third-order valence-electron chi connectivity index (χ3n) is 3.83. The number of hydrogen-bond acceptors (Lipinski definition) is 2. The minimum atomic E-state index is -0.273. The van der Waals surface area contributed by atoms with Crippen LogP contribution in [0.15, 0.2) is 17.2 Å². The van der Waals surface area contributed by atoms with E-state index in [9.17, 15) is 9.90 Å². The lowest BCUT2D eigenvalue weighted by molar-refractivity contribution is 0.0328. The van der Waals surface area contributed by atoms with Crippen LogP contribution in [0.4, 0.5) is 0 Å². The van der Waals surface area contributed by atoms with Gasteiger partial charge < -0.3 is 9.67 Å². The largest absolute Gasteiger partial charge is 0.393 e. The van der Waals surface area contributed by atoms with Crippen molar-refractivity contribution in [1.82, 2.24) is 9.13 Å². The van der Waals surface area contributed by atoms with Gasteiger partial charge in [-0.1, -0.05) is 13.8 Å². The summed E-state index contributed by atoms with van der Waals surface area (Å²) < 4.78 is 3.35. The van der Waals surface area contributed by atoms with Gasteiger partial charge in [0.1, 0.15) is 0 Å². The van der Waals surface area contributed by atoms with E-state index in [0.717, 1.165) is 12.8 Å². The van der Waals surface area contributed by atoms with Crippen LogP contribution in [0.2, 0.25) is 0 Å². The molecular formula is C12H20N2O2. The summed E-state index contributed by atoms with van der Waals surface area (Å²) in [6.45, 7) is 4.34. The second kappa shape index (κ2) is 3.77. The van der Waals surface area contributed by atoms with E-state index in [4.69, 9.17) is 0 Å². The maximum absolute atomic E-state index is 11.9. The van der Waals surface area contributed by atoms with Gasteiger partial charge in [0, 0.05) is 25.5 Å². The fourth-order valence-corrected chi connectivity index (χ4v) is 2.61. The lowest BCUT2D eigenvalue weighted by Crippen LogP contribution is -2.40. The molecule has 4 nitrogen and oxygen atoms in total. The molecule has 2 rings (SSSR count). The van der Waals surface area contributed by atoms with E-state index < -0.39 is 0 Å². The second-order valence-electron chi connectivity index (χ2n) is 5.53. The van der Waals surface area contributed by atoms with Gasteiger partial charge in [-0.2, -0.15) is 0 Å². The second-order valence-corrected chi connectivity index (χ2v) is 5.53. The maximum Gasteiger partial charge on any atom is 0.328 e. The molecule has 2 atom stereocenters. The Labute approximate surface area is 95.5 Å². The number of nitrogens with zero attached hydrogens (tertiary/aromatic N) is 2. The van der Waals surface area contributed by atoms with Gasteiger partial charge in [-0.15, -0.1) is 0 Å². The molecule has 0 radical (unpaired) electrons.